The minimum atomic E-state index is -0.379. The molecule has 0 aliphatic rings. The third-order valence-electron chi connectivity index (χ3n) is 4.71. The van der Waals surface area contributed by atoms with E-state index < -0.39 is 0 Å². The third-order valence-corrected chi connectivity index (χ3v) is 4.71. The number of hydrogen-bond donors (Lipinski definition) is 2. The number of aliphatic hydroxyl groups is 1. The van der Waals surface area contributed by atoms with Crippen molar-refractivity contribution in [3.05, 3.63) is 90.1 Å². The largest absolute Gasteiger partial charge is 0.495 e. The molecule has 4 aromatic rings. The highest BCUT2D eigenvalue weighted by Gasteiger charge is 2.11. The molecule has 0 aliphatic heterocycles. The average molecular weight is 433 g/mol. The van der Waals surface area contributed by atoms with Crippen LogP contribution < -0.4 is 10.1 Å². The van der Waals surface area contributed by atoms with Crippen molar-refractivity contribution in [3.63, 3.8) is 0 Å². The lowest BCUT2D eigenvalue weighted by molar-refractivity contribution is -0.111. The maximum Gasteiger partial charge on any atom is 0.248 e. The maximum atomic E-state index is 13.1. The first-order valence-electron chi connectivity index (χ1n) is 9.78. The SMILES string of the molecule is COc1ccc(-c2ccc(CO)o2)cc1NC(=O)/C=C/c1ccc(-c2ccc(F)cc2)o1. The van der Waals surface area contributed by atoms with Gasteiger partial charge in [0.25, 0.3) is 0 Å². The highest BCUT2D eigenvalue weighted by Crippen LogP contribution is 2.32. The second-order valence-electron chi connectivity index (χ2n) is 6.87. The number of methoxy groups -OCH3 is 1. The van der Waals surface area contributed by atoms with E-state index in [0.29, 0.717) is 34.5 Å². The molecule has 0 unspecified atom stereocenters. The predicted molar refractivity (Wildman–Crippen MR) is 118 cm³/mol. The van der Waals surface area contributed by atoms with Gasteiger partial charge in [0, 0.05) is 17.2 Å². The van der Waals surface area contributed by atoms with E-state index in [1.54, 1.807) is 60.7 Å². The number of ether oxygens (including phenoxy) is 1. The smallest absolute Gasteiger partial charge is 0.248 e. The van der Waals surface area contributed by atoms with Crippen LogP contribution in [0.15, 0.2) is 81.6 Å². The molecular formula is C25H20FNO5. The number of anilines is 1. The number of halogens is 1. The summed E-state index contributed by atoms with van der Waals surface area (Å²) < 4.78 is 29.7. The van der Waals surface area contributed by atoms with Crippen LogP contribution in [0.4, 0.5) is 10.1 Å². The average Bonchev–Trinajstić information content (AvgIpc) is 3.48. The first-order valence-corrected chi connectivity index (χ1v) is 9.78. The normalized spacial score (nSPS) is 11.1. The molecular weight excluding hydrogens is 413 g/mol. The Morgan fingerprint density at radius 3 is 2.44 bits per heavy atom. The Bertz CT molecular complexity index is 1250. The monoisotopic (exact) mass is 433 g/mol. The Hall–Kier alpha value is -4.10. The van der Waals surface area contributed by atoms with Crippen LogP contribution in [0.25, 0.3) is 28.7 Å². The number of benzene rings is 2. The third kappa shape index (κ3) is 4.79. The Morgan fingerprint density at radius 1 is 1.00 bits per heavy atom. The van der Waals surface area contributed by atoms with Gasteiger partial charge < -0.3 is 24.0 Å². The van der Waals surface area contributed by atoms with Gasteiger partial charge in [0.15, 0.2) is 0 Å². The second-order valence-corrected chi connectivity index (χ2v) is 6.87. The zero-order chi connectivity index (χ0) is 22.5. The molecule has 0 saturated heterocycles. The maximum absolute atomic E-state index is 13.1. The quantitative estimate of drug-likeness (QED) is 0.376. The van der Waals surface area contributed by atoms with Crippen LogP contribution in [0, 0.1) is 5.82 Å². The van der Waals surface area contributed by atoms with E-state index in [1.165, 1.54) is 25.3 Å². The van der Waals surface area contributed by atoms with Crippen molar-refractivity contribution in [1.82, 2.24) is 0 Å². The molecule has 162 valence electrons. The van der Waals surface area contributed by atoms with Crippen molar-refractivity contribution in [1.29, 1.82) is 0 Å². The summed E-state index contributed by atoms with van der Waals surface area (Å²) in [6.45, 7) is -0.194. The van der Waals surface area contributed by atoms with Crippen LogP contribution in [-0.4, -0.2) is 18.1 Å². The minimum Gasteiger partial charge on any atom is -0.495 e. The van der Waals surface area contributed by atoms with Gasteiger partial charge in [0.05, 0.1) is 12.8 Å². The van der Waals surface area contributed by atoms with Crippen molar-refractivity contribution in [2.45, 2.75) is 6.61 Å². The number of amides is 1. The van der Waals surface area contributed by atoms with Crippen LogP contribution in [0.2, 0.25) is 0 Å². The van der Waals surface area contributed by atoms with Crippen LogP contribution in [0.3, 0.4) is 0 Å². The lowest BCUT2D eigenvalue weighted by Crippen LogP contribution is -2.09. The molecule has 0 spiro atoms. The molecule has 0 aliphatic carbocycles. The van der Waals surface area contributed by atoms with Gasteiger partial charge >= 0.3 is 0 Å². The van der Waals surface area contributed by atoms with Crippen LogP contribution >= 0.6 is 0 Å². The van der Waals surface area contributed by atoms with Gasteiger partial charge in [-0.25, -0.2) is 4.39 Å². The lowest BCUT2D eigenvalue weighted by Gasteiger charge is -2.10. The Kier molecular flexibility index (Phi) is 6.19. The molecule has 32 heavy (non-hydrogen) atoms. The number of furan rings is 2. The zero-order valence-corrected chi connectivity index (χ0v) is 17.2. The number of hydrogen-bond acceptors (Lipinski definition) is 5. The summed E-state index contributed by atoms with van der Waals surface area (Å²) in [4.78, 5) is 12.5. The van der Waals surface area contributed by atoms with Gasteiger partial charge in [-0.3, -0.25) is 4.79 Å². The van der Waals surface area contributed by atoms with E-state index in [9.17, 15) is 14.3 Å². The van der Waals surface area contributed by atoms with Crippen molar-refractivity contribution in [2.24, 2.45) is 0 Å². The minimum absolute atomic E-state index is 0.194. The number of rotatable bonds is 7. The fourth-order valence-electron chi connectivity index (χ4n) is 3.12. The number of aliphatic hydroxyl groups excluding tert-OH is 1. The standard InChI is InChI=1S/C25H20FNO5/c1-30-24-10-4-17(23-12-8-20(15-28)32-23)14-21(24)27-25(29)13-9-19-7-11-22(31-19)16-2-5-18(26)6-3-16/h2-14,28H,15H2,1H3,(H,27,29)/b13-9+. The topological polar surface area (TPSA) is 84.8 Å². The highest BCUT2D eigenvalue weighted by molar-refractivity contribution is 6.03. The Morgan fingerprint density at radius 2 is 1.72 bits per heavy atom. The van der Waals surface area contributed by atoms with Crippen molar-refractivity contribution in [3.8, 4) is 28.4 Å². The van der Waals surface area contributed by atoms with Crippen LogP contribution in [-0.2, 0) is 11.4 Å². The predicted octanol–water partition coefficient (Wildman–Crippen LogP) is 5.50. The number of carbonyl (C=O) groups is 1. The molecule has 7 heteroatoms. The molecule has 2 aromatic carbocycles. The van der Waals surface area contributed by atoms with Gasteiger partial charge in [-0.05, 0) is 72.8 Å². The molecule has 0 radical (unpaired) electrons. The molecule has 0 fully saturated rings. The molecule has 0 bridgehead atoms. The molecule has 2 aromatic heterocycles. The Balaban J connectivity index is 1.48. The summed E-state index contributed by atoms with van der Waals surface area (Å²) in [5, 5.41) is 12.0. The first-order chi connectivity index (χ1) is 15.6. The fourth-order valence-corrected chi connectivity index (χ4v) is 3.12. The molecule has 2 N–H and O–H groups in total. The van der Waals surface area contributed by atoms with E-state index in [-0.39, 0.29) is 18.3 Å². The van der Waals surface area contributed by atoms with E-state index in [1.807, 2.05) is 0 Å². The summed E-state index contributed by atoms with van der Waals surface area (Å²) in [5.41, 5.74) is 1.92. The molecule has 4 rings (SSSR count). The number of carbonyl (C=O) groups excluding carboxylic acids is 1. The summed E-state index contributed by atoms with van der Waals surface area (Å²) >= 11 is 0. The molecule has 2 heterocycles. The van der Waals surface area contributed by atoms with Crippen LogP contribution in [0.5, 0.6) is 5.75 Å². The zero-order valence-electron chi connectivity index (χ0n) is 17.2. The summed E-state index contributed by atoms with van der Waals surface area (Å²) in [6, 6.07) is 18.1. The van der Waals surface area contributed by atoms with Gasteiger partial charge in [-0.1, -0.05) is 0 Å². The second kappa shape index (κ2) is 9.36. The van der Waals surface area contributed by atoms with E-state index >= 15 is 0 Å². The Labute approximate surface area is 183 Å². The molecule has 1 amide bonds. The molecule has 6 nitrogen and oxygen atoms in total. The molecule has 0 atom stereocenters. The van der Waals surface area contributed by atoms with Gasteiger partial charge in [0.2, 0.25) is 5.91 Å². The van der Waals surface area contributed by atoms with E-state index in [0.717, 1.165) is 11.1 Å². The van der Waals surface area contributed by atoms with Crippen molar-refractivity contribution in [2.75, 3.05) is 12.4 Å². The molecule has 0 saturated carbocycles. The van der Waals surface area contributed by atoms with Gasteiger partial charge in [-0.15, -0.1) is 0 Å². The first kappa shape index (κ1) is 21.1. The van der Waals surface area contributed by atoms with Crippen molar-refractivity contribution >= 4 is 17.7 Å². The van der Waals surface area contributed by atoms with Crippen LogP contribution in [0.1, 0.15) is 11.5 Å². The van der Waals surface area contributed by atoms with Gasteiger partial charge in [-0.2, -0.15) is 0 Å². The highest BCUT2D eigenvalue weighted by atomic mass is 19.1. The van der Waals surface area contributed by atoms with Gasteiger partial charge in [0.1, 0.15) is 41.2 Å². The summed E-state index contributed by atoms with van der Waals surface area (Å²) in [5.74, 6) is 1.84. The summed E-state index contributed by atoms with van der Waals surface area (Å²) in [6.07, 6.45) is 2.88. The van der Waals surface area contributed by atoms with Crippen molar-refractivity contribution < 1.29 is 27.9 Å². The van der Waals surface area contributed by atoms with E-state index in [4.69, 9.17) is 13.6 Å². The summed E-state index contributed by atoms with van der Waals surface area (Å²) in [7, 11) is 1.51. The number of nitrogens with one attached hydrogen (secondary N) is 1. The lowest BCUT2D eigenvalue weighted by atomic mass is 10.1. The van der Waals surface area contributed by atoms with E-state index in [2.05, 4.69) is 5.32 Å². The fraction of sp³-hybridized carbons (Fsp3) is 0.0800.